The fraction of sp³-hybridized carbons (Fsp3) is 0.600. The number of aryl methyl sites for hydroxylation is 1. The van der Waals surface area contributed by atoms with Gasteiger partial charge >= 0.3 is 0 Å². The zero-order valence-electron chi connectivity index (χ0n) is 8.56. The number of thiazole rings is 1. The quantitative estimate of drug-likeness (QED) is 0.791. The van der Waals surface area contributed by atoms with Crippen LogP contribution in [-0.2, 0) is 11.2 Å². The zero-order chi connectivity index (χ0) is 11.0. The van der Waals surface area contributed by atoms with Gasteiger partial charge in [0.25, 0.3) is 0 Å². The average molecular weight is 226 g/mol. The number of nitrogen functional groups attached to an aromatic ring is 1. The third-order valence-corrected chi connectivity index (χ3v) is 3.69. The molecule has 1 aliphatic rings. The predicted molar refractivity (Wildman–Crippen MR) is 58.9 cm³/mol. The van der Waals surface area contributed by atoms with Crippen molar-refractivity contribution in [3.8, 4) is 0 Å². The molecule has 4 nitrogen and oxygen atoms in total. The van der Waals surface area contributed by atoms with Gasteiger partial charge in [-0.25, -0.2) is 4.98 Å². The maximum Gasteiger partial charge on any atom is 0.180 e. The Hall–Kier alpha value is -0.940. The second-order valence-corrected chi connectivity index (χ2v) is 5.00. The molecule has 0 aliphatic heterocycles. The summed E-state index contributed by atoms with van der Waals surface area (Å²) in [6.07, 6.45) is 1.79. The number of anilines is 1. The fourth-order valence-electron chi connectivity index (χ4n) is 2.01. The Morgan fingerprint density at radius 2 is 2.47 bits per heavy atom. The fourth-order valence-corrected chi connectivity index (χ4v) is 2.94. The lowest BCUT2D eigenvalue weighted by atomic mass is 9.86. The molecule has 1 aromatic rings. The molecule has 0 fully saturated rings. The van der Waals surface area contributed by atoms with Crippen LogP contribution in [0.4, 0.5) is 5.13 Å². The minimum absolute atomic E-state index is 0.138. The molecular weight excluding hydrogens is 212 g/mol. The van der Waals surface area contributed by atoms with Gasteiger partial charge in [0, 0.05) is 4.88 Å². The largest absolute Gasteiger partial charge is 0.386 e. The molecule has 0 amide bonds. The van der Waals surface area contributed by atoms with E-state index in [4.69, 9.17) is 5.73 Å². The zero-order valence-corrected chi connectivity index (χ0v) is 9.38. The third-order valence-electron chi connectivity index (χ3n) is 2.73. The van der Waals surface area contributed by atoms with Crippen LogP contribution in [0.5, 0.6) is 0 Å². The summed E-state index contributed by atoms with van der Waals surface area (Å²) >= 11 is 1.46. The van der Waals surface area contributed by atoms with Crippen molar-refractivity contribution in [1.82, 2.24) is 4.98 Å². The summed E-state index contributed by atoms with van der Waals surface area (Å²) in [6.45, 7) is 1.51. The summed E-state index contributed by atoms with van der Waals surface area (Å²) in [5, 5.41) is 9.82. The van der Waals surface area contributed by atoms with E-state index in [0.29, 0.717) is 5.13 Å². The highest BCUT2D eigenvalue weighted by molar-refractivity contribution is 7.15. The number of hydrogen-bond donors (Lipinski definition) is 2. The maximum absolute atomic E-state index is 11.7. The van der Waals surface area contributed by atoms with Crippen LogP contribution in [0.2, 0.25) is 0 Å². The number of aliphatic hydroxyl groups excluding tert-OH is 1. The van der Waals surface area contributed by atoms with Gasteiger partial charge in [-0.3, -0.25) is 4.79 Å². The summed E-state index contributed by atoms with van der Waals surface area (Å²) in [5.41, 5.74) is 6.43. The van der Waals surface area contributed by atoms with Gasteiger partial charge in [-0.15, -0.1) is 11.3 Å². The number of fused-ring (bicyclic) bond motifs is 1. The average Bonchev–Trinajstić information content (AvgIpc) is 2.56. The van der Waals surface area contributed by atoms with Gasteiger partial charge in [-0.2, -0.15) is 0 Å². The van der Waals surface area contributed by atoms with Gasteiger partial charge in [0.15, 0.2) is 10.9 Å². The van der Waals surface area contributed by atoms with E-state index in [1.54, 1.807) is 0 Å². The number of aromatic nitrogens is 1. The van der Waals surface area contributed by atoms with E-state index in [1.165, 1.54) is 18.3 Å². The smallest absolute Gasteiger partial charge is 0.180 e. The SMILES string of the molecule is CC(O)C(=O)C1CCCc2sc(N)nc21. The summed E-state index contributed by atoms with van der Waals surface area (Å²) < 4.78 is 0. The van der Waals surface area contributed by atoms with Gasteiger partial charge in [-0.05, 0) is 26.2 Å². The second kappa shape index (κ2) is 3.90. The van der Waals surface area contributed by atoms with E-state index in [-0.39, 0.29) is 11.7 Å². The van der Waals surface area contributed by atoms with E-state index < -0.39 is 6.10 Å². The van der Waals surface area contributed by atoms with E-state index in [1.807, 2.05) is 0 Å². The first-order chi connectivity index (χ1) is 7.09. The number of nitrogens with two attached hydrogens (primary N) is 1. The molecule has 0 bridgehead atoms. The molecule has 0 spiro atoms. The topological polar surface area (TPSA) is 76.2 Å². The summed E-state index contributed by atoms with van der Waals surface area (Å²) in [6, 6.07) is 0. The molecule has 0 aromatic carbocycles. The molecule has 3 N–H and O–H groups in total. The normalized spacial score (nSPS) is 22.1. The van der Waals surface area contributed by atoms with Crippen molar-refractivity contribution in [1.29, 1.82) is 0 Å². The van der Waals surface area contributed by atoms with Crippen LogP contribution in [0, 0.1) is 0 Å². The van der Waals surface area contributed by atoms with Crippen LogP contribution in [-0.4, -0.2) is 22.0 Å². The first-order valence-corrected chi connectivity index (χ1v) is 5.88. The van der Waals surface area contributed by atoms with Crippen LogP contribution in [0.1, 0.15) is 36.3 Å². The van der Waals surface area contributed by atoms with Crippen molar-refractivity contribution in [2.45, 2.75) is 38.2 Å². The molecular formula is C10H14N2O2S. The lowest BCUT2D eigenvalue weighted by Gasteiger charge is -2.20. The highest BCUT2D eigenvalue weighted by Crippen LogP contribution is 2.36. The van der Waals surface area contributed by atoms with Gasteiger partial charge in [0.2, 0.25) is 0 Å². The first kappa shape index (κ1) is 10.6. The molecule has 1 aromatic heterocycles. The third kappa shape index (κ3) is 1.89. The molecule has 5 heteroatoms. The molecule has 2 atom stereocenters. The number of rotatable bonds is 2. The van der Waals surface area contributed by atoms with E-state index in [0.717, 1.165) is 29.8 Å². The minimum atomic E-state index is -0.913. The Labute approximate surface area is 92.1 Å². The summed E-state index contributed by atoms with van der Waals surface area (Å²) in [5.74, 6) is -0.386. The summed E-state index contributed by atoms with van der Waals surface area (Å²) in [4.78, 5) is 17.1. The van der Waals surface area contributed by atoms with Crippen LogP contribution in [0.15, 0.2) is 0 Å². The Bertz CT molecular complexity index is 387. The van der Waals surface area contributed by atoms with Gasteiger partial charge in [-0.1, -0.05) is 0 Å². The Morgan fingerprint density at radius 1 is 1.73 bits per heavy atom. The molecule has 0 saturated carbocycles. The standard InChI is InChI=1S/C10H14N2O2S/c1-5(13)9(14)6-3-2-4-7-8(6)12-10(11)15-7/h5-6,13H,2-4H2,1H3,(H2,11,12). The highest BCUT2D eigenvalue weighted by Gasteiger charge is 2.31. The molecule has 15 heavy (non-hydrogen) atoms. The Balaban J connectivity index is 2.33. The van der Waals surface area contributed by atoms with Gasteiger partial charge in [0.1, 0.15) is 6.10 Å². The monoisotopic (exact) mass is 226 g/mol. The molecule has 2 rings (SSSR count). The van der Waals surface area contributed by atoms with Crippen molar-refractivity contribution >= 4 is 22.3 Å². The van der Waals surface area contributed by atoms with Crippen LogP contribution >= 0.6 is 11.3 Å². The number of carbonyl (C=O) groups excluding carboxylic acids is 1. The minimum Gasteiger partial charge on any atom is -0.386 e. The predicted octanol–water partition coefficient (Wildman–Crippen LogP) is 1.10. The van der Waals surface area contributed by atoms with E-state index >= 15 is 0 Å². The number of hydrogen-bond acceptors (Lipinski definition) is 5. The van der Waals surface area contributed by atoms with E-state index in [2.05, 4.69) is 4.98 Å². The van der Waals surface area contributed by atoms with Crippen molar-refractivity contribution in [3.05, 3.63) is 10.6 Å². The van der Waals surface area contributed by atoms with Crippen LogP contribution < -0.4 is 5.73 Å². The Morgan fingerprint density at radius 3 is 3.13 bits per heavy atom. The van der Waals surface area contributed by atoms with Gasteiger partial charge < -0.3 is 10.8 Å². The van der Waals surface area contributed by atoms with Crippen molar-refractivity contribution < 1.29 is 9.90 Å². The van der Waals surface area contributed by atoms with Crippen LogP contribution in [0.3, 0.4) is 0 Å². The summed E-state index contributed by atoms with van der Waals surface area (Å²) in [7, 11) is 0. The first-order valence-electron chi connectivity index (χ1n) is 5.06. The number of carbonyl (C=O) groups is 1. The van der Waals surface area contributed by atoms with Crippen molar-refractivity contribution in [3.63, 3.8) is 0 Å². The Kier molecular flexibility index (Phi) is 2.75. The maximum atomic E-state index is 11.7. The molecule has 0 radical (unpaired) electrons. The highest BCUT2D eigenvalue weighted by atomic mass is 32.1. The molecule has 82 valence electrons. The van der Waals surface area contributed by atoms with Crippen molar-refractivity contribution in [2.24, 2.45) is 0 Å². The molecule has 0 saturated heterocycles. The van der Waals surface area contributed by atoms with Crippen molar-refractivity contribution in [2.75, 3.05) is 5.73 Å². The second-order valence-electron chi connectivity index (χ2n) is 3.88. The number of nitrogens with zero attached hydrogens (tertiary/aromatic N) is 1. The number of aliphatic hydroxyl groups is 1. The number of Topliss-reactive ketones (excluding diaryl/α,β-unsaturated/α-hetero) is 1. The van der Waals surface area contributed by atoms with Crippen LogP contribution in [0.25, 0.3) is 0 Å². The molecule has 1 aliphatic carbocycles. The van der Waals surface area contributed by atoms with Gasteiger partial charge in [0.05, 0.1) is 11.6 Å². The lowest BCUT2D eigenvalue weighted by Crippen LogP contribution is -2.26. The number of ketones is 1. The van der Waals surface area contributed by atoms with E-state index in [9.17, 15) is 9.90 Å². The molecule has 1 heterocycles. The lowest BCUT2D eigenvalue weighted by molar-refractivity contribution is -0.128. The molecule has 2 unspecified atom stereocenters.